The highest BCUT2D eigenvalue weighted by Crippen LogP contribution is 2.39. The molecular weight excluding hydrogens is 452 g/mol. The molecule has 3 aromatic carbocycles. The highest BCUT2D eigenvalue weighted by molar-refractivity contribution is 5.91. The summed E-state index contributed by atoms with van der Waals surface area (Å²) in [6, 6.07) is 25.8. The van der Waals surface area contributed by atoms with Crippen molar-refractivity contribution in [2.75, 3.05) is 38.2 Å². The number of nitrogens with zero attached hydrogens (tertiary/aromatic N) is 1. The molecule has 2 N–H and O–H groups in total. The number of hydrogen-bond donors (Lipinski definition) is 2. The second kappa shape index (κ2) is 11.6. The smallest absolute Gasteiger partial charge is 0.411 e. The van der Waals surface area contributed by atoms with Gasteiger partial charge in [-0.05, 0) is 60.4 Å². The molecule has 2 fully saturated rings. The zero-order valence-corrected chi connectivity index (χ0v) is 20.5. The van der Waals surface area contributed by atoms with Gasteiger partial charge in [0.25, 0.3) is 0 Å². The number of carbonyl (C=O) groups excluding carboxylic acids is 1. The summed E-state index contributed by atoms with van der Waals surface area (Å²) in [5, 5.41) is 12.0. The number of nitrogens with one attached hydrogen (secondary N) is 1. The number of anilines is 1. The number of fused-ring (bicyclic) bond motifs is 1. The van der Waals surface area contributed by atoms with Gasteiger partial charge in [0.15, 0.2) is 0 Å². The first-order valence-corrected chi connectivity index (χ1v) is 12.8. The van der Waals surface area contributed by atoms with Crippen molar-refractivity contribution in [3.63, 3.8) is 0 Å². The van der Waals surface area contributed by atoms with Crippen molar-refractivity contribution >= 4 is 11.8 Å². The van der Waals surface area contributed by atoms with Gasteiger partial charge in [-0.25, -0.2) is 4.79 Å². The molecule has 6 nitrogen and oxygen atoms in total. The Hall–Kier alpha value is -3.35. The summed E-state index contributed by atoms with van der Waals surface area (Å²) in [7, 11) is 0. The lowest BCUT2D eigenvalue weighted by Crippen LogP contribution is -2.29. The minimum atomic E-state index is -0.376. The van der Waals surface area contributed by atoms with Gasteiger partial charge in [0, 0.05) is 31.8 Å². The fourth-order valence-electron chi connectivity index (χ4n) is 5.55. The number of aliphatic hydroxyl groups is 1. The van der Waals surface area contributed by atoms with Gasteiger partial charge in [0.2, 0.25) is 0 Å². The zero-order chi connectivity index (χ0) is 24.7. The highest BCUT2D eigenvalue weighted by Gasteiger charge is 2.42. The van der Waals surface area contributed by atoms with Crippen molar-refractivity contribution in [2.24, 2.45) is 11.8 Å². The Balaban J connectivity index is 1.05. The van der Waals surface area contributed by atoms with Crippen LogP contribution in [0, 0.1) is 11.8 Å². The van der Waals surface area contributed by atoms with Gasteiger partial charge in [0.1, 0.15) is 18.5 Å². The maximum absolute atomic E-state index is 12.7. The summed E-state index contributed by atoms with van der Waals surface area (Å²) in [6.07, 6.45) is 2.10. The molecule has 188 valence electrons. The molecule has 0 spiro atoms. The second-order valence-electron chi connectivity index (χ2n) is 9.78. The van der Waals surface area contributed by atoms with E-state index in [2.05, 4.69) is 10.2 Å². The summed E-state index contributed by atoms with van der Waals surface area (Å²) in [6.45, 7) is 3.77. The molecule has 3 atom stereocenters. The minimum Gasteiger partial charge on any atom is -0.492 e. The van der Waals surface area contributed by atoms with Gasteiger partial charge in [0.05, 0.1) is 5.69 Å². The predicted octanol–water partition coefficient (Wildman–Crippen LogP) is 5.23. The monoisotopic (exact) mass is 486 g/mol. The number of likely N-dealkylation sites (tertiary alicyclic amines) is 1. The van der Waals surface area contributed by atoms with Gasteiger partial charge < -0.3 is 14.6 Å². The van der Waals surface area contributed by atoms with Gasteiger partial charge in [-0.3, -0.25) is 10.2 Å². The third kappa shape index (κ3) is 6.07. The van der Waals surface area contributed by atoms with Crippen LogP contribution in [0.1, 0.15) is 18.4 Å². The molecule has 6 heteroatoms. The third-order valence-corrected chi connectivity index (χ3v) is 7.31. The van der Waals surface area contributed by atoms with E-state index >= 15 is 0 Å². The standard InChI is InChI=1S/C30H34N2O4/c33-16-14-22-10-12-26(13-11-22)35-17-15-32-20-24-18-27(19-25(24)21-32)36-30(34)31-29-9-5-4-8-28(29)23-6-2-1-3-7-23/h1-13,24-25,27,33H,14-21H2,(H,31,34)/t24-,25+,27?. The lowest BCUT2D eigenvalue weighted by Gasteiger charge is -2.20. The minimum absolute atomic E-state index is 0.0280. The van der Waals surface area contributed by atoms with E-state index in [4.69, 9.17) is 14.6 Å². The van der Waals surface area contributed by atoms with E-state index in [1.54, 1.807) is 0 Å². The molecule has 2 aliphatic rings. The fourth-order valence-corrected chi connectivity index (χ4v) is 5.55. The van der Waals surface area contributed by atoms with Crippen molar-refractivity contribution in [3.8, 4) is 16.9 Å². The van der Waals surface area contributed by atoms with Crippen LogP contribution in [0.3, 0.4) is 0 Å². The van der Waals surface area contributed by atoms with Crippen LogP contribution < -0.4 is 10.1 Å². The number of carbonyl (C=O) groups is 1. The number of ether oxygens (including phenoxy) is 2. The average Bonchev–Trinajstić information content (AvgIpc) is 3.44. The van der Waals surface area contributed by atoms with Crippen LogP contribution >= 0.6 is 0 Å². The van der Waals surface area contributed by atoms with Crippen LogP contribution in [-0.2, 0) is 11.2 Å². The third-order valence-electron chi connectivity index (χ3n) is 7.31. The second-order valence-corrected chi connectivity index (χ2v) is 9.78. The molecule has 1 saturated heterocycles. The number of hydrogen-bond acceptors (Lipinski definition) is 5. The molecule has 1 saturated carbocycles. The SMILES string of the molecule is O=C(Nc1ccccc1-c1ccccc1)OC1C[C@@H]2CN(CCOc3ccc(CCO)cc3)C[C@@H]2C1. The van der Waals surface area contributed by atoms with E-state index in [0.29, 0.717) is 24.9 Å². The molecular formula is C30H34N2O4. The van der Waals surface area contributed by atoms with Crippen LogP contribution in [0.25, 0.3) is 11.1 Å². The number of benzene rings is 3. The summed E-state index contributed by atoms with van der Waals surface area (Å²) in [4.78, 5) is 15.2. The molecule has 1 heterocycles. The Morgan fingerprint density at radius 1 is 0.917 bits per heavy atom. The van der Waals surface area contributed by atoms with E-state index in [9.17, 15) is 4.79 Å². The fraction of sp³-hybridized carbons (Fsp3) is 0.367. The molecule has 0 aromatic heterocycles. The first kappa shape index (κ1) is 24.3. The molecule has 36 heavy (non-hydrogen) atoms. The van der Waals surface area contributed by atoms with E-state index in [0.717, 1.165) is 60.6 Å². The number of para-hydroxylation sites is 1. The molecule has 0 bridgehead atoms. The summed E-state index contributed by atoms with van der Waals surface area (Å²) < 4.78 is 11.7. The molecule has 1 unspecified atom stereocenters. The largest absolute Gasteiger partial charge is 0.492 e. The summed E-state index contributed by atoms with van der Waals surface area (Å²) in [5.74, 6) is 2.00. The van der Waals surface area contributed by atoms with Gasteiger partial charge in [-0.1, -0.05) is 60.7 Å². The van der Waals surface area contributed by atoms with E-state index < -0.39 is 0 Å². The van der Waals surface area contributed by atoms with Crippen LogP contribution in [0.4, 0.5) is 10.5 Å². The van der Waals surface area contributed by atoms with Crippen molar-refractivity contribution in [1.82, 2.24) is 4.90 Å². The average molecular weight is 487 g/mol. The Bertz CT molecular complexity index is 1120. The van der Waals surface area contributed by atoms with Crippen molar-refractivity contribution < 1.29 is 19.4 Å². The van der Waals surface area contributed by atoms with Crippen LogP contribution in [0.5, 0.6) is 5.75 Å². The molecule has 1 aliphatic heterocycles. The van der Waals surface area contributed by atoms with E-state index in [1.165, 1.54) is 0 Å². The Labute approximate surface area is 212 Å². The molecule has 0 radical (unpaired) electrons. The topological polar surface area (TPSA) is 71.0 Å². The summed E-state index contributed by atoms with van der Waals surface area (Å²) in [5.41, 5.74) is 3.92. The predicted molar refractivity (Wildman–Crippen MR) is 141 cm³/mol. The lowest BCUT2D eigenvalue weighted by atomic mass is 10.0. The van der Waals surface area contributed by atoms with E-state index in [-0.39, 0.29) is 18.8 Å². The Morgan fingerprint density at radius 2 is 1.61 bits per heavy atom. The summed E-state index contributed by atoms with van der Waals surface area (Å²) >= 11 is 0. The quantitative estimate of drug-likeness (QED) is 0.434. The van der Waals surface area contributed by atoms with Crippen LogP contribution in [0.2, 0.25) is 0 Å². The number of rotatable bonds is 9. The highest BCUT2D eigenvalue weighted by atomic mass is 16.6. The van der Waals surface area contributed by atoms with Crippen molar-refractivity contribution in [3.05, 3.63) is 84.4 Å². The van der Waals surface area contributed by atoms with Gasteiger partial charge >= 0.3 is 6.09 Å². The number of aliphatic hydroxyl groups excluding tert-OH is 1. The van der Waals surface area contributed by atoms with Crippen LogP contribution in [-0.4, -0.2) is 55.1 Å². The van der Waals surface area contributed by atoms with Gasteiger partial charge in [-0.2, -0.15) is 0 Å². The molecule has 1 amide bonds. The Morgan fingerprint density at radius 3 is 2.33 bits per heavy atom. The zero-order valence-electron chi connectivity index (χ0n) is 20.5. The normalized spacial score (nSPS) is 21.2. The molecule has 5 rings (SSSR count). The van der Waals surface area contributed by atoms with E-state index in [1.807, 2.05) is 78.9 Å². The first-order chi connectivity index (χ1) is 17.7. The van der Waals surface area contributed by atoms with Crippen molar-refractivity contribution in [1.29, 1.82) is 0 Å². The molecule has 3 aromatic rings. The lowest BCUT2D eigenvalue weighted by molar-refractivity contribution is 0.105. The first-order valence-electron chi connectivity index (χ1n) is 12.8. The van der Waals surface area contributed by atoms with Gasteiger partial charge in [-0.15, -0.1) is 0 Å². The molecule has 1 aliphatic carbocycles. The number of amides is 1. The van der Waals surface area contributed by atoms with Crippen LogP contribution in [0.15, 0.2) is 78.9 Å². The maximum Gasteiger partial charge on any atom is 0.411 e. The maximum atomic E-state index is 12.7. The Kier molecular flexibility index (Phi) is 7.84. The van der Waals surface area contributed by atoms with Crippen molar-refractivity contribution in [2.45, 2.75) is 25.4 Å².